The number of carbonyl (C=O) groups is 1. The zero-order valence-electron chi connectivity index (χ0n) is 12.8. The van der Waals surface area contributed by atoms with Gasteiger partial charge < -0.3 is 10.1 Å². The van der Waals surface area contributed by atoms with E-state index < -0.39 is 0 Å². The lowest BCUT2D eigenvalue weighted by Gasteiger charge is -2.10. The van der Waals surface area contributed by atoms with E-state index in [1.54, 1.807) is 22.9 Å². The summed E-state index contributed by atoms with van der Waals surface area (Å²) in [6.07, 6.45) is 1.52. The van der Waals surface area contributed by atoms with Crippen LogP contribution in [0, 0.1) is 6.92 Å². The highest BCUT2D eigenvalue weighted by atomic mass is 79.9. The van der Waals surface area contributed by atoms with Crippen LogP contribution in [-0.4, -0.2) is 32.7 Å². The van der Waals surface area contributed by atoms with Crippen LogP contribution in [0.3, 0.4) is 0 Å². The minimum atomic E-state index is -0.229. The van der Waals surface area contributed by atoms with E-state index in [0.717, 1.165) is 15.7 Å². The van der Waals surface area contributed by atoms with Gasteiger partial charge in [-0.1, -0.05) is 15.9 Å². The number of anilines is 1. The molecule has 122 valence electrons. The summed E-state index contributed by atoms with van der Waals surface area (Å²) in [6.45, 7) is 1.86. The third-order valence-corrected chi connectivity index (χ3v) is 3.79. The van der Waals surface area contributed by atoms with Crippen LogP contribution in [0.15, 0.2) is 53.3 Å². The molecule has 1 N–H and O–H groups in total. The standard InChI is InChI=1S/C16H14BrN5O2/c1-11-8-13(4-7-15(11)22-10-18-20-21-22)19-16(23)9-24-14-5-2-12(17)3-6-14/h2-8,10H,9H2,1H3,(H,19,23). The quantitative estimate of drug-likeness (QED) is 0.727. The second kappa shape index (κ2) is 7.22. The number of hydrogen-bond donors (Lipinski definition) is 1. The maximum absolute atomic E-state index is 12.0. The van der Waals surface area contributed by atoms with E-state index in [-0.39, 0.29) is 12.5 Å². The maximum atomic E-state index is 12.0. The van der Waals surface area contributed by atoms with Crippen molar-refractivity contribution in [3.05, 3.63) is 58.8 Å². The van der Waals surface area contributed by atoms with Gasteiger partial charge in [-0.25, -0.2) is 4.68 Å². The second-order valence-corrected chi connectivity index (χ2v) is 5.96. The molecular weight excluding hydrogens is 374 g/mol. The van der Waals surface area contributed by atoms with Crippen LogP contribution in [0.5, 0.6) is 5.75 Å². The molecule has 7 nitrogen and oxygen atoms in total. The van der Waals surface area contributed by atoms with Gasteiger partial charge in [0.05, 0.1) is 5.69 Å². The summed E-state index contributed by atoms with van der Waals surface area (Å²) in [5, 5.41) is 13.9. The van der Waals surface area contributed by atoms with Gasteiger partial charge in [-0.2, -0.15) is 0 Å². The van der Waals surface area contributed by atoms with Crippen LogP contribution in [0.2, 0.25) is 0 Å². The van der Waals surface area contributed by atoms with Gasteiger partial charge in [-0.3, -0.25) is 4.79 Å². The molecule has 3 rings (SSSR count). The molecule has 0 aliphatic rings. The second-order valence-electron chi connectivity index (χ2n) is 5.05. The number of benzene rings is 2. The summed E-state index contributed by atoms with van der Waals surface area (Å²) in [5.74, 6) is 0.408. The molecule has 0 fully saturated rings. The third kappa shape index (κ3) is 3.96. The van der Waals surface area contributed by atoms with Crippen molar-refractivity contribution >= 4 is 27.5 Å². The van der Waals surface area contributed by atoms with Crippen LogP contribution < -0.4 is 10.1 Å². The van der Waals surface area contributed by atoms with E-state index in [9.17, 15) is 4.79 Å². The first-order valence-corrected chi connectivity index (χ1v) is 7.93. The molecule has 0 saturated heterocycles. The van der Waals surface area contributed by atoms with Crippen molar-refractivity contribution in [2.45, 2.75) is 6.92 Å². The summed E-state index contributed by atoms with van der Waals surface area (Å²) in [4.78, 5) is 12.0. The van der Waals surface area contributed by atoms with Crippen molar-refractivity contribution in [2.75, 3.05) is 11.9 Å². The summed E-state index contributed by atoms with van der Waals surface area (Å²) < 4.78 is 7.97. The topological polar surface area (TPSA) is 81.9 Å². The number of halogens is 1. The van der Waals surface area contributed by atoms with Gasteiger partial charge in [0, 0.05) is 10.2 Å². The largest absolute Gasteiger partial charge is 0.484 e. The summed E-state index contributed by atoms with van der Waals surface area (Å²) in [7, 11) is 0. The molecule has 0 aliphatic heterocycles. The lowest BCUT2D eigenvalue weighted by molar-refractivity contribution is -0.118. The van der Waals surface area contributed by atoms with Crippen molar-refractivity contribution in [2.24, 2.45) is 0 Å². The number of ether oxygens (including phenoxy) is 1. The highest BCUT2D eigenvalue weighted by Crippen LogP contribution is 2.18. The average Bonchev–Trinajstić information content (AvgIpc) is 3.09. The Balaban J connectivity index is 1.60. The number of carbonyl (C=O) groups excluding carboxylic acids is 1. The van der Waals surface area contributed by atoms with Crippen molar-refractivity contribution in [1.29, 1.82) is 0 Å². The molecule has 1 amide bonds. The van der Waals surface area contributed by atoms with Crippen LogP contribution >= 0.6 is 15.9 Å². The Bertz CT molecular complexity index is 834. The van der Waals surface area contributed by atoms with E-state index in [0.29, 0.717) is 11.4 Å². The summed E-state index contributed by atoms with van der Waals surface area (Å²) in [6, 6.07) is 12.8. The minimum Gasteiger partial charge on any atom is -0.484 e. The number of tetrazole rings is 1. The SMILES string of the molecule is Cc1cc(NC(=O)COc2ccc(Br)cc2)ccc1-n1cnnn1. The normalized spacial score (nSPS) is 10.4. The fraction of sp³-hybridized carbons (Fsp3) is 0.125. The van der Waals surface area contributed by atoms with Crippen LogP contribution in [0.4, 0.5) is 5.69 Å². The Kier molecular flexibility index (Phi) is 4.85. The number of aromatic nitrogens is 4. The first kappa shape index (κ1) is 16.1. The van der Waals surface area contributed by atoms with E-state index in [4.69, 9.17) is 4.74 Å². The first-order chi connectivity index (χ1) is 11.6. The molecule has 0 saturated carbocycles. The summed E-state index contributed by atoms with van der Waals surface area (Å²) in [5.41, 5.74) is 2.48. The average molecular weight is 388 g/mol. The summed E-state index contributed by atoms with van der Waals surface area (Å²) >= 11 is 3.35. The van der Waals surface area contributed by atoms with Crippen molar-refractivity contribution in [3.63, 3.8) is 0 Å². The number of aryl methyl sites for hydroxylation is 1. The predicted octanol–water partition coefficient (Wildman–Crippen LogP) is 2.75. The van der Waals surface area contributed by atoms with Gasteiger partial charge in [0.1, 0.15) is 12.1 Å². The molecule has 0 bridgehead atoms. The van der Waals surface area contributed by atoms with Crippen molar-refractivity contribution < 1.29 is 9.53 Å². The molecule has 2 aromatic carbocycles. The van der Waals surface area contributed by atoms with Crippen LogP contribution in [-0.2, 0) is 4.79 Å². The molecule has 1 heterocycles. The Labute approximate surface area is 146 Å². The molecular formula is C16H14BrN5O2. The van der Waals surface area contributed by atoms with Gasteiger partial charge in [0.25, 0.3) is 5.91 Å². The molecule has 3 aromatic rings. The van der Waals surface area contributed by atoms with Gasteiger partial charge in [0.2, 0.25) is 0 Å². The Morgan fingerprint density at radius 1 is 1.25 bits per heavy atom. The van der Waals surface area contributed by atoms with Gasteiger partial charge in [-0.05, 0) is 65.4 Å². The molecule has 0 unspecified atom stereocenters. The number of hydrogen-bond acceptors (Lipinski definition) is 5. The van der Waals surface area contributed by atoms with E-state index >= 15 is 0 Å². The zero-order valence-corrected chi connectivity index (χ0v) is 14.4. The highest BCUT2D eigenvalue weighted by Gasteiger charge is 2.07. The number of rotatable bonds is 5. The molecule has 0 radical (unpaired) electrons. The number of amides is 1. The molecule has 0 atom stereocenters. The highest BCUT2D eigenvalue weighted by molar-refractivity contribution is 9.10. The van der Waals surface area contributed by atoms with Crippen molar-refractivity contribution in [3.8, 4) is 11.4 Å². The molecule has 0 spiro atoms. The lowest BCUT2D eigenvalue weighted by Crippen LogP contribution is -2.20. The smallest absolute Gasteiger partial charge is 0.262 e. The van der Waals surface area contributed by atoms with Crippen LogP contribution in [0.1, 0.15) is 5.56 Å². The first-order valence-electron chi connectivity index (χ1n) is 7.14. The molecule has 8 heteroatoms. The monoisotopic (exact) mass is 387 g/mol. The van der Waals surface area contributed by atoms with Gasteiger partial charge in [0.15, 0.2) is 6.61 Å². The Morgan fingerprint density at radius 3 is 2.71 bits per heavy atom. The fourth-order valence-corrected chi connectivity index (χ4v) is 2.40. The van der Waals surface area contributed by atoms with Gasteiger partial charge >= 0.3 is 0 Å². The fourth-order valence-electron chi connectivity index (χ4n) is 2.14. The predicted molar refractivity (Wildman–Crippen MR) is 92.2 cm³/mol. The van der Waals surface area contributed by atoms with E-state index in [2.05, 4.69) is 36.8 Å². The zero-order chi connectivity index (χ0) is 16.9. The molecule has 24 heavy (non-hydrogen) atoms. The molecule has 1 aromatic heterocycles. The van der Waals surface area contributed by atoms with E-state index in [1.807, 2.05) is 31.2 Å². The van der Waals surface area contributed by atoms with Crippen molar-refractivity contribution in [1.82, 2.24) is 20.2 Å². The lowest BCUT2D eigenvalue weighted by atomic mass is 10.2. The third-order valence-electron chi connectivity index (χ3n) is 3.26. The Morgan fingerprint density at radius 2 is 2.04 bits per heavy atom. The van der Waals surface area contributed by atoms with Crippen LogP contribution in [0.25, 0.3) is 5.69 Å². The molecule has 0 aliphatic carbocycles. The maximum Gasteiger partial charge on any atom is 0.262 e. The minimum absolute atomic E-state index is 0.0601. The van der Waals surface area contributed by atoms with Gasteiger partial charge in [-0.15, -0.1) is 5.10 Å². The Hall–Kier alpha value is -2.74. The number of nitrogens with zero attached hydrogens (tertiary/aromatic N) is 4. The number of nitrogens with one attached hydrogen (secondary N) is 1. The van der Waals surface area contributed by atoms with E-state index in [1.165, 1.54) is 6.33 Å².